The van der Waals surface area contributed by atoms with Crippen LogP contribution in [0, 0.1) is 0 Å². The summed E-state index contributed by atoms with van der Waals surface area (Å²) in [7, 11) is 1.52. The van der Waals surface area contributed by atoms with Crippen LogP contribution in [0.1, 0.15) is 22.7 Å². The number of rotatable bonds is 6. The van der Waals surface area contributed by atoms with Crippen molar-refractivity contribution in [2.75, 3.05) is 26.0 Å². The van der Waals surface area contributed by atoms with E-state index in [1.807, 2.05) is 24.3 Å². The predicted octanol–water partition coefficient (Wildman–Crippen LogP) is 4.22. The van der Waals surface area contributed by atoms with Gasteiger partial charge in [0.15, 0.2) is 0 Å². The third kappa shape index (κ3) is 3.98. The number of pyridine rings is 1. The van der Waals surface area contributed by atoms with E-state index in [4.69, 9.17) is 15.2 Å². The van der Waals surface area contributed by atoms with Gasteiger partial charge >= 0.3 is 6.09 Å². The highest BCUT2D eigenvalue weighted by molar-refractivity contribution is 5.79. The Morgan fingerprint density at radius 3 is 2.40 bits per heavy atom. The van der Waals surface area contributed by atoms with E-state index in [2.05, 4.69) is 34.6 Å². The fourth-order valence-corrected chi connectivity index (χ4v) is 3.69. The van der Waals surface area contributed by atoms with Gasteiger partial charge in [0.2, 0.25) is 5.88 Å². The second kappa shape index (κ2) is 8.69. The number of hydrogen-bond donors (Lipinski definition) is 2. The smallest absolute Gasteiger partial charge is 0.407 e. The van der Waals surface area contributed by atoms with Crippen LogP contribution >= 0.6 is 0 Å². The molecule has 4 rings (SSSR count). The highest BCUT2D eigenvalue weighted by Crippen LogP contribution is 2.44. The Labute approximate surface area is 175 Å². The van der Waals surface area contributed by atoms with E-state index in [1.54, 1.807) is 24.3 Å². The van der Waals surface area contributed by atoms with Crippen LogP contribution in [0.25, 0.3) is 17.2 Å². The van der Waals surface area contributed by atoms with Gasteiger partial charge in [-0.3, -0.25) is 0 Å². The van der Waals surface area contributed by atoms with Crippen molar-refractivity contribution >= 4 is 17.9 Å². The summed E-state index contributed by atoms with van der Waals surface area (Å²) in [4.78, 5) is 16.4. The Hall–Kier alpha value is -3.80. The number of amides is 1. The molecule has 6 nitrogen and oxygen atoms in total. The van der Waals surface area contributed by atoms with Gasteiger partial charge in [-0.1, -0.05) is 54.6 Å². The number of nitrogens with two attached hydrogens (primary N) is 1. The highest BCUT2D eigenvalue weighted by atomic mass is 16.5. The number of anilines is 1. The molecular formula is C24H23N3O3. The van der Waals surface area contributed by atoms with Crippen molar-refractivity contribution in [2.45, 2.75) is 5.92 Å². The van der Waals surface area contributed by atoms with Crippen LogP contribution in [0.4, 0.5) is 10.5 Å². The molecule has 0 spiro atoms. The summed E-state index contributed by atoms with van der Waals surface area (Å²) in [6, 6.07) is 20.0. The van der Waals surface area contributed by atoms with Crippen LogP contribution in [0.15, 0.2) is 66.7 Å². The lowest BCUT2D eigenvalue weighted by atomic mass is 9.98. The molecule has 0 saturated carbocycles. The van der Waals surface area contributed by atoms with Gasteiger partial charge < -0.3 is 20.5 Å². The van der Waals surface area contributed by atoms with Crippen molar-refractivity contribution in [3.63, 3.8) is 0 Å². The Morgan fingerprint density at radius 1 is 1.07 bits per heavy atom. The molecule has 0 saturated heterocycles. The average Bonchev–Trinajstić information content (AvgIpc) is 3.10. The zero-order chi connectivity index (χ0) is 20.9. The third-order valence-electron chi connectivity index (χ3n) is 5.10. The number of fused-ring (bicyclic) bond motifs is 3. The molecule has 152 valence electrons. The molecule has 3 aromatic rings. The predicted molar refractivity (Wildman–Crippen MR) is 117 cm³/mol. The first kappa shape index (κ1) is 19.5. The zero-order valence-corrected chi connectivity index (χ0v) is 16.7. The molecular weight excluding hydrogens is 378 g/mol. The standard InChI is InChI=1S/C24H23N3O3/c1-29-23-22(25)13-12-16(27-23)7-6-14-26-24(28)30-15-21-19-10-4-2-8-17(19)18-9-3-5-11-20(18)21/h2-13,21H,14-15,25H2,1H3,(H,26,28). The zero-order valence-electron chi connectivity index (χ0n) is 16.7. The summed E-state index contributed by atoms with van der Waals surface area (Å²) in [6.45, 7) is 0.616. The molecule has 1 aliphatic rings. The summed E-state index contributed by atoms with van der Waals surface area (Å²) in [6.07, 6.45) is 3.12. The molecule has 0 radical (unpaired) electrons. The fourth-order valence-electron chi connectivity index (χ4n) is 3.69. The second-order valence-corrected chi connectivity index (χ2v) is 6.94. The van der Waals surface area contributed by atoms with Crippen molar-refractivity contribution in [2.24, 2.45) is 0 Å². The molecule has 0 atom stereocenters. The SMILES string of the molecule is COc1nc(C=CCNC(=O)OCC2c3ccccc3-c3ccccc32)ccc1N. The van der Waals surface area contributed by atoms with Crippen molar-refractivity contribution < 1.29 is 14.3 Å². The van der Waals surface area contributed by atoms with Gasteiger partial charge in [0.25, 0.3) is 0 Å². The highest BCUT2D eigenvalue weighted by Gasteiger charge is 2.28. The fraction of sp³-hybridized carbons (Fsp3) is 0.167. The lowest BCUT2D eigenvalue weighted by Crippen LogP contribution is -2.26. The third-order valence-corrected chi connectivity index (χ3v) is 5.10. The molecule has 2 aromatic carbocycles. The number of aromatic nitrogens is 1. The quantitative estimate of drug-likeness (QED) is 0.646. The van der Waals surface area contributed by atoms with Crippen molar-refractivity contribution in [1.82, 2.24) is 10.3 Å². The van der Waals surface area contributed by atoms with Gasteiger partial charge in [-0.15, -0.1) is 0 Å². The van der Waals surface area contributed by atoms with Crippen LogP contribution in [0.3, 0.4) is 0 Å². The molecule has 30 heavy (non-hydrogen) atoms. The first-order valence-corrected chi connectivity index (χ1v) is 9.73. The molecule has 0 fully saturated rings. The number of nitrogen functional groups attached to an aromatic ring is 1. The lowest BCUT2D eigenvalue weighted by Gasteiger charge is -2.14. The number of ether oxygens (including phenoxy) is 2. The van der Waals surface area contributed by atoms with Crippen molar-refractivity contribution in [1.29, 1.82) is 0 Å². The Bertz CT molecular complexity index is 1050. The van der Waals surface area contributed by atoms with E-state index in [0.29, 0.717) is 30.4 Å². The molecule has 0 unspecified atom stereocenters. The monoisotopic (exact) mass is 401 g/mol. The maximum absolute atomic E-state index is 12.2. The number of alkyl carbamates (subject to hydrolysis) is 1. The lowest BCUT2D eigenvalue weighted by molar-refractivity contribution is 0.144. The normalized spacial score (nSPS) is 12.4. The first-order chi connectivity index (χ1) is 14.7. The molecule has 3 N–H and O–H groups in total. The number of benzene rings is 2. The van der Waals surface area contributed by atoms with Gasteiger partial charge in [-0.05, 0) is 40.5 Å². The molecule has 1 aromatic heterocycles. The van der Waals surface area contributed by atoms with E-state index in [9.17, 15) is 4.79 Å². The Kier molecular flexibility index (Phi) is 5.66. The summed E-state index contributed by atoms with van der Waals surface area (Å²) < 4.78 is 10.6. The number of nitrogens with one attached hydrogen (secondary N) is 1. The number of carbonyl (C=O) groups is 1. The van der Waals surface area contributed by atoms with Crippen molar-refractivity contribution in [3.8, 4) is 17.0 Å². The Balaban J connectivity index is 1.32. The largest absolute Gasteiger partial charge is 0.480 e. The van der Waals surface area contributed by atoms with Crippen LogP contribution < -0.4 is 15.8 Å². The molecule has 0 aliphatic heterocycles. The number of nitrogens with zero attached hydrogens (tertiary/aromatic N) is 1. The molecule has 1 amide bonds. The van der Waals surface area contributed by atoms with E-state index >= 15 is 0 Å². The maximum Gasteiger partial charge on any atom is 0.407 e. The molecule has 6 heteroatoms. The summed E-state index contributed by atoms with van der Waals surface area (Å²) in [5.74, 6) is 0.423. The minimum Gasteiger partial charge on any atom is -0.480 e. The van der Waals surface area contributed by atoms with Crippen LogP contribution in [-0.2, 0) is 4.74 Å². The van der Waals surface area contributed by atoms with E-state index < -0.39 is 6.09 Å². The van der Waals surface area contributed by atoms with Crippen LogP contribution in [0.2, 0.25) is 0 Å². The first-order valence-electron chi connectivity index (χ1n) is 9.73. The average molecular weight is 401 g/mol. The van der Waals surface area contributed by atoms with Gasteiger partial charge in [0.05, 0.1) is 18.5 Å². The Morgan fingerprint density at radius 2 is 1.73 bits per heavy atom. The number of hydrogen-bond acceptors (Lipinski definition) is 5. The number of carbonyl (C=O) groups excluding carboxylic acids is 1. The summed E-state index contributed by atoms with van der Waals surface area (Å²) >= 11 is 0. The van der Waals surface area contributed by atoms with Crippen LogP contribution in [-0.4, -0.2) is 31.3 Å². The summed E-state index contributed by atoms with van der Waals surface area (Å²) in [5.41, 5.74) is 11.7. The van der Waals surface area contributed by atoms with E-state index in [-0.39, 0.29) is 5.92 Å². The second-order valence-electron chi connectivity index (χ2n) is 6.94. The minimum atomic E-state index is -0.454. The number of methoxy groups -OCH3 is 1. The molecule has 1 aliphatic carbocycles. The van der Waals surface area contributed by atoms with Crippen molar-refractivity contribution in [3.05, 3.63) is 83.6 Å². The molecule has 1 heterocycles. The minimum absolute atomic E-state index is 0.0464. The summed E-state index contributed by atoms with van der Waals surface area (Å²) in [5, 5.41) is 2.73. The maximum atomic E-state index is 12.2. The topological polar surface area (TPSA) is 86.5 Å². The van der Waals surface area contributed by atoms with Crippen LogP contribution in [0.5, 0.6) is 5.88 Å². The van der Waals surface area contributed by atoms with Gasteiger partial charge in [0.1, 0.15) is 6.61 Å². The van der Waals surface area contributed by atoms with Gasteiger partial charge in [-0.25, -0.2) is 9.78 Å². The van der Waals surface area contributed by atoms with Gasteiger partial charge in [-0.2, -0.15) is 0 Å². The van der Waals surface area contributed by atoms with E-state index in [1.165, 1.54) is 29.4 Å². The van der Waals surface area contributed by atoms with E-state index in [0.717, 1.165) is 0 Å². The molecule has 0 bridgehead atoms. The van der Waals surface area contributed by atoms with Gasteiger partial charge in [0, 0.05) is 12.5 Å².